The summed E-state index contributed by atoms with van der Waals surface area (Å²) < 4.78 is 10.8. The summed E-state index contributed by atoms with van der Waals surface area (Å²) in [5.74, 6) is 0. The average Bonchev–Trinajstić information content (AvgIpc) is 2.68. The molecule has 3 nitrogen and oxygen atoms in total. The Morgan fingerprint density at radius 3 is 2.33 bits per heavy atom. The highest BCUT2D eigenvalue weighted by Gasteiger charge is 2.15. The first-order chi connectivity index (χ1) is 8.50. The zero-order chi connectivity index (χ0) is 13.0. The van der Waals surface area contributed by atoms with E-state index < -0.39 is 0 Å². The molecule has 3 aromatic rings. The third kappa shape index (κ3) is 1.27. The van der Waals surface area contributed by atoms with Gasteiger partial charge in [-0.25, -0.2) is 4.79 Å². The van der Waals surface area contributed by atoms with Crippen LogP contribution in [0.4, 0.5) is 0 Å². The fraction of sp³-hybridized carbons (Fsp3) is 0.267. The number of rotatable bonds is 0. The molecule has 92 valence electrons. The predicted molar refractivity (Wildman–Crippen MR) is 71.2 cm³/mol. The Bertz CT molecular complexity index is 834. The van der Waals surface area contributed by atoms with E-state index in [0.29, 0.717) is 11.1 Å². The van der Waals surface area contributed by atoms with Crippen molar-refractivity contribution < 1.29 is 8.83 Å². The highest BCUT2D eigenvalue weighted by atomic mass is 16.4. The molecule has 0 spiro atoms. The zero-order valence-electron chi connectivity index (χ0n) is 10.9. The Morgan fingerprint density at radius 1 is 0.889 bits per heavy atom. The van der Waals surface area contributed by atoms with Crippen LogP contribution in [0.2, 0.25) is 0 Å². The van der Waals surface area contributed by atoms with Gasteiger partial charge in [0.05, 0.1) is 6.26 Å². The maximum absolute atomic E-state index is 11.7. The Balaban J connectivity index is 2.67. The lowest BCUT2D eigenvalue weighted by molar-refractivity contribution is 0.552. The molecule has 0 radical (unpaired) electrons. The van der Waals surface area contributed by atoms with Gasteiger partial charge in [-0.05, 0) is 44.4 Å². The second-order valence-corrected chi connectivity index (χ2v) is 4.81. The lowest BCUT2D eigenvalue weighted by Gasteiger charge is -2.08. The third-order valence-corrected chi connectivity index (χ3v) is 3.71. The van der Waals surface area contributed by atoms with Crippen molar-refractivity contribution >= 4 is 21.9 Å². The van der Waals surface area contributed by atoms with Crippen LogP contribution in [0.15, 0.2) is 26.0 Å². The van der Waals surface area contributed by atoms with E-state index in [4.69, 9.17) is 8.83 Å². The van der Waals surface area contributed by atoms with E-state index in [9.17, 15) is 4.79 Å². The van der Waals surface area contributed by atoms with Crippen molar-refractivity contribution in [3.63, 3.8) is 0 Å². The van der Waals surface area contributed by atoms with Crippen molar-refractivity contribution in [1.29, 1.82) is 0 Å². The van der Waals surface area contributed by atoms with Crippen LogP contribution in [-0.2, 0) is 0 Å². The molecule has 2 aromatic heterocycles. The Kier molecular flexibility index (Phi) is 2.14. The van der Waals surface area contributed by atoms with E-state index >= 15 is 0 Å². The molecule has 18 heavy (non-hydrogen) atoms. The van der Waals surface area contributed by atoms with E-state index in [2.05, 4.69) is 0 Å². The maximum Gasteiger partial charge on any atom is 0.339 e. The van der Waals surface area contributed by atoms with Crippen LogP contribution in [0.3, 0.4) is 0 Å². The van der Waals surface area contributed by atoms with Crippen molar-refractivity contribution in [3.8, 4) is 0 Å². The van der Waals surface area contributed by atoms with Crippen molar-refractivity contribution in [2.75, 3.05) is 0 Å². The summed E-state index contributed by atoms with van der Waals surface area (Å²) in [5, 5.41) is 2.13. The van der Waals surface area contributed by atoms with Crippen molar-refractivity contribution in [2.45, 2.75) is 27.7 Å². The van der Waals surface area contributed by atoms with Crippen molar-refractivity contribution in [3.05, 3.63) is 45.0 Å². The van der Waals surface area contributed by atoms with Gasteiger partial charge in [-0.1, -0.05) is 0 Å². The van der Waals surface area contributed by atoms with Gasteiger partial charge in [0.1, 0.15) is 11.2 Å². The minimum absolute atomic E-state index is 0.276. The Hall–Kier alpha value is -2.03. The quantitative estimate of drug-likeness (QED) is 0.563. The zero-order valence-corrected chi connectivity index (χ0v) is 10.9. The Labute approximate surface area is 104 Å². The molecule has 2 heterocycles. The van der Waals surface area contributed by atoms with Gasteiger partial charge in [0.25, 0.3) is 0 Å². The predicted octanol–water partition coefficient (Wildman–Crippen LogP) is 3.77. The fourth-order valence-corrected chi connectivity index (χ4v) is 2.62. The van der Waals surface area contributed by atoms with E-state index in [-0.39, 0.29) is 5.63 Å². The highest BCUT2D eigenvalue weighted by Crippen LogP contribution is 2.32. The molecule has 0 saturated carbocycles. The average molecular weight is 242 g/mol. The first-order valence-corrected chi connectivity index (χ1v) is 5.92. The molecule has 0 bridgehead atoms. The summed E-state index contributed by atoms with van der Waals surface area (Å²) in [6, 6.07) is 1.80. The number of fused-ring (bicyclic) bond motifs is 2. The van der Waals surface area contributed by atoms with E-state index in [1.54, 1.807) is 19.3 Å². The molecule has 1 aromatic carbocycles. The first kappa shape index (κ1) is 11.1. The van der Waals surface area contributed by atoms with Gasteiger partial charge in [-0.2, -0.15) is 0 Å². The second kappa shape index (κ2) is 3.48. The van der Waals surface area contributed by atoms with Crippen LogP contribution in [0, 0.1) is 27.7 Å². The summed E-state index contributed by atoms with van der Waals surface area (Å²) in [5.41, 5.74) is 4.96. The standard InChI is InChI=1S/C15H14O3/c1-7-6-17-11-5-12-14(10(4)13(7)11)8(2)9(3)15(16)18-12/h5-6H,1-4H3. The Morgan fingerprint density at radius 2 is 1.61 bits per heavy atom. The van der Waals surface area contributed by atoms with Gasteiger partial charge in [0, 0.05) is 22.4 Å². The molecular formula is C15H14O3. The van der Waals surface area contributed by atoms with Crippen LogP contribution >= 0.6 is 0 Å². The molecular weight excluding hydrogens is 228 g/mol. The van der Waals surface area contributed by atoms with E-state index in [1.807, 2.05) is 20.8 Å². The van der Waals surface area contributed by atoms with Gasteiger partial charge >= 0.3 is 5.63 Å². The van der Waals surface area contributed by atoms with Crippen LogP contribution in [0.5, 0.6) is 0 Å². The molecule has 0 atom stereocenters. The van der Waals surface area contributed by atoms with E-state index in [0.717, 1.165) is 33.0 Å². The van der Waals surface area contributed by atoms with Crippen LogP contribution in [-0.4, -0.2) is 0 Å². The minimum atomic E-state index is -0.276. The number of hydrogen-bond acceptors (Lipinski definition) is 3. The molecule has 0 aliphatic heterocycles. The van der Waals surface area contributed by atoms with Gasteiger partial charge < -0.3 is 8.83 Å². The monoisotopic (exact) mass is 242 g/mol. The number of aryl methyl sites for hydroxylation is 3. The summed E-state index contributed by atoms with van der Waals surface area (Å²) in [6.45, 7) is 7.82. The van der Waals surface area contributed by atoms with Crippen LogP contribution in [0.25, 0.3) is 21.9 Å². The highest BCUT2D eigenvalue weighted by molar-refractivity contribution is 6.00. The first-order valence-electron chi connectivity index (χ1n) is 5.92. The van der Waals surface area contributed by atoms with Gasteiger partial charge in [-0.15, -0.1) is 0 Å². The summed E-state index contributed by atoms with van der Waals surface area (Å²) in [7, 11) is 0. The number of furan rings is 1. The lowest BCUT2D eigenvalue weighted by atomic mass is 9.98. The molecule has 0 saturated heterocycles. The fourth-order valence-electron chi connectivity index (χ4n) is 2.62. The summed E-state index contributed by atoms with van der Waals surface area (Å²) >= 11 is 0. The third-order valence-electron chi connectivity index (χ3n) is 3.71. The molecule has 0 aliphatic carbocycles. The second-order valence-electron chi connectivity index (χ2n) is 4.81. The molecule has 3 rings (SSSR count). The topological polar surface area (TPSA) is 43.4 Å². The summed E-state index contributed by atoms with van der Waals surface area (Å²) in [6.07, 6.45) is 1.73. The largest absolute Gasteiger partial charge is 0.464 e. The smallest absolute Gasteiger partial charge is 0.339 e. The van der Waals surface area contributed by atoms with Crippen LogP contribution in [0.1, 0.15) is 22.3 Å². The van der Waals surface area contributed by atoms with E-state index in [1.165, 1.54) is 0 Å². The van der Waals surface area contributed by atoms with Gasteiger partial charge in [0.15, 0.2) is 0 Å². The van der Waals surface area contributed by atoms with Gasteiger partial charge in [0.2, 0.25) is 0 Å². The minimum Gasteiger partial charge on any atom is -0.464 e. The molecule has 0 N–H and O–H groups in total. The molecule has 3 heteroatoms. The molecule has 0 fully saturated rings. The SMILES string of the molecule is Cc1c(C)c2c(C)c3c(C)coc3cc2oc1=O. The maximum atomic E-state index is 11.7. The number of benzene rings is 1. The number of hydrogen-bond donors (Lipinski definition) is 0. The van der Waals surface area contributed by atoms with Crippen molar-refractivity contribution in [1.82, 2.24) is 0 Å². The van der Waals surface area contributed by atoms with Crippen LogP contribution < -0.4 is 5.63 Å². The normalized spacial score (nSPS) is 11.6. The molecule has 0 unspecified atom stereocenters. The molecule has 0 amide bonds. The van der Waals surface area contributed by atoms with Crippen molar-refractivity contribution in [2.24, 2.45) is 0 Å². The lowest BCUT2D eigenvalue weighted by Crippen LogP contribution is -2.06. The summed E-state index contributed by atoms with van der Waals surface area (Å²) in [4.78, 5) is 11.7. The van der Waals surface area contributed by atoms with Gasteiger partial charge in [-0.3, -0.25) is 0 Å². The molecule has 0 aliphatic rings.